The lowest BCUT2D eigenvalue weighted by Crippen LogP contribution is -2.52. The second-order valence-corrected chi connectivity index (χ2v) is 11.1. The Balaban J connectivity index is 1.63. The molecule has 0 aliphatic heterocycles. The van der Waals surface area contributed by atoms with Gasteiger partial charge in [-0.15, -0.1) is 0 Å². The molecule has 3 aromatic carbocycles. The van der Waals surface area contributed by atoms with Gasteiger partial charge in [-0.25, -0.2) is 9.59 Å². The van der Waals surface area contributed by atoms with Gasteiger partial charge in [0.25, 0.3) is 5.91 Å². The molecule has 0 aromatic heterocycles. The van der Waals surface area contributed by atoms with Gasteiger partial charge in [0.1, 0.15) is 6.04 Å². The third kappa shape index (κ3) is 6.41. The van der Waals surface area contributed by atoms with E-state index in [0.29, 0.717) is 5.69 Å². The van der Waals surface area contributed by atoms with E-state index in [1.807, 2.05) is 45.0 Å². The third-order valence-corrected chi connectivity index (χ3v) is 7.96. The van der Waals surface area contributed by atoms with Gasteiger partial charge in [0.2, 0.25) is 0 Å². The average Bonchev–Trinajstić information content (AvgIpc) is 2.89. The molecule has 7 heteroatoms. The predicted molar refractivity (Wildman–Crippen MR) is 157 cm³/mol. The Hall–Kier alpha value is -3.87. The van der Waals surface area contributed by atoms with Crippen molar-refractivity contribution in [1.29, 1.82) is 0 Å². The lowest BCUT2D eigenvalue weighted by molar-refractivity contribution is -0.143. The van der Waals surface area contributed by atoms with Crippen molar-refractivity contribution in [1.82, 2.24) is 5.32 Å². The van der Waals surface area contributed by atoms with Crippen molar-refractivity contribution < 1.29 is 19.5 Å². The molecule has 0 spiro atoms. The summed E-state index contributed by atoms with van der Waals surface area (Å²) in [6.07, 6.45) is 6.45. The molecule has 0 saturated heterocycles. The molecule has 1 atom stereocenters. The number of aryl methyl sites for hydroxylation is 3. The average molecular weight is 530 g/mol. The zero-order valence-electron chi connectivity index (χ0n) is 23.3. The first-order chi connectivity index (χ1) is 18.6. The van der Waals surface area contributed by atoms with E-state index in [4.69, 9.17) is 0 Å². The van der Waals surface area contributed by atoms with E-state index >= 15 is 0 Å². The molecule has 3 amide bonds. The molecule has 4 N–H and O–H groups in total. The van der Waals surface area contributed by atoms with Crippen LogP contribution in [-0.2, 0) is 11.2 Å². The Morgan fingerprint density at radius 2 is 1.54 bits per heavy atom. The van der Waals surface area contributed by atoms with Gasteiger partial charge in [-0.1, -0.05) is 75.9 Å². The lowest BCUT2D eigenvalue weighted by Gasteiger charge is -2.38. The van der Waals surface area contributed by atoms with Crippen LogP contribution < -0.4 is 16.0 Å². The van der Waals surface area contributed by atoms with Gasteiger partial charge < -0.3 is 21.1 Å². The number of benzene rings is 3. The van der Waals surface area contributed by atoms with Crippen LogP contribution in [0.4, 0.5) is 16.2 Å². The molecule has 1 aliphatic carbocycles. The van der Waals surface area contributed by atoms with Crippen molar-refractivity contribution in [3.05, 3.63) is 70.8 Å². The summed E-state index contributed by atoms with van der Waals surface area (Å²) < 4.78 is 0. The zero-order chi connectivity index (χ0) is 28.2. The summed E-state index contributed by atoms with van der Waals surface area (Å²) in [6, 6.07) is 13.7. The summed E-state index contributed by atoms with van der Waals surface area (Å²) in [5, 5.41) is 20.3. The normalized spacial score (nSPS) is 15.4. The molecule has 7 nitrogen and oxygen atoms in total. The minimum absolute atomic E-state index is 0.223. The van der Waals surface area contributed by atoms with Crippen LogP contribution in [0.25, 0.3) is 10.8 Å². The highest BCUT2D eigenvalue weighted by Crippen LogP contribution is 2.39. The highest BCUT2D eigenvalue weighted by Gasteiger charge is 2.41. The van der Waals surface area contributed by atoms with Crippen molar-refractivity contribution >= 4 is 40.1 Å². The molecule has 0 radical (unpaired) electrons. The number of carbonyl (C=O) groups excluding carboxylic acids is 2. The quantitative estimate of drug-likeness (QED) is 0.247. The molecule has 0 bridgehead atoms. The van der Waals surface area contributed by atoms with Crippen LogP contribution in [0.15, 0.2) is 48.5 Å². The largest absolute Gasteiger partial charge is 0.480 e. The summed E-state index contributed by atoms with van der Waals surface area (Å²) in [6.45, 7) is 8.01. The number of anilines is 2. The molecule has 1 fully saturated rings. The molecular weight excluding hydrogens is 490 g/mol. The van der Waals surface area contributed by atoms with E-state index in [1.165, 1.54) is 5.56 Å². The van der Waals surface area contributed by atoms with Crippen molar-refractivity contribution in [2.24, 2.45) is 5.41 Å². The number of amides is 3. The highest BCUT2D eigenvalue weighted by molar-refractivity contribution is 6.10. The van der Waals surface area contributed by atoms with Crippen LogP contribution in [0, 0.1) is 19.3 Å². The van der Waals surface area contributed by atoms with Crippen molar-refractivity contribution in [3.8, 4) is 0 Å². The predicted octanol–water partition coefficient (Wildman–Crippen LogP) is 7.21. The molecule has 39 heavy (non-hydrogen) atoms. The van der Waals surface area contributed by atoms with Crippen LogP contribution in [-0.4, -0.2) is 29.1 Å². The number of hydrogen-bond donors (Lipinski definition) is 4. The van der Waals surface area contributed by atoms with Gasteiger partial charge in [0, 0.05) is 5.69 Å². The third-order valence-electron chi connectivity index (χ3n) is 7.96. The van der Waals surface area contributed by atoms with Gasteiger partial charge in [0.05, 0.1) is 11.3 Å². The number of nitrogens with one attached hydrogen (secondary N) is 3. The topological polar surface area (TPSA) is 108 Å². The van der Waals surface area contributed by atoms with E-state index in [-0.39, 0.29) is 5.56 Å². The second-order valence-electron chi connectivity index (χ2n) is 11.1. The van der Waals surface area contributed by atoms with E-state index < -0.39 is 29.4 Å². The van der Waals surface area contributed by atoms with E-state index in [1.54, 1.807) is 12.1 Å². The second kappa shape index (κ2) is 11.9. The fraction of sp³-hybridized carbons (Fsp3) is 0.406. The summed E-state index contributed by atoms with van der Waals surface area (Å²) in [4.78, 5) is 39.1. The lowest BCUT2D eigenvalue weighted by atomic mass is 9.70. The number of hydrogen-bond acceptors (Lipinski definition) is 3. The number of fused-ring (bicyclic) bond motifs is 1. The summed E-state index contributed by atoms with van der Waals surface area (Å²) >= 11 is 0. The first-order valence-electron chi connectivity index (χ1n) is 13.9. The Labute approximate surface area is 230 Å². The van der Waals surface area contributed by atoms with Gasteiger partial charge in [-0.2, -0.15) is 0 Å². The summed E-state index contributed by atoms with van der Waals surface area (Å²) in [5.74, 6) is -1.57. The Kier molecular flexibility index (Phi) is 8.58. The van der Waals surface area contributed by atoms with Crippen LogP contribution in [0.3, 0.4) is 0 Å². The number of urea groups is 1. The first kappa shape index (κ1) is 28.1. The zero-order valence-corrected chi connectivity index (χ0v) is 23.3. The fourth-order valence-corrected chi connectivity index (χ4v) is 5.87. The molecule has 1 saturated carbocycles. The minimum Gasteiger partial charge on any atom is -0.480 e. The molecule has 1 aliphatic rings. The number of carbonyl (C=O) groups is 3. The summed E-state index contributed by atoms with van der Waals surface area (Å²) in [5.41, 5.74) is 3.91. The Morgan fingerprint density at radius 1 is 0.923 bits per heavy atom. The molecular formula is C32H39N3O4. The van der Waals surface area contributed by atoms with E-state index in [2.05, 4.69) is 35.0 Å². The van der Waals surface area contributed by atoms with Crippen LogP contribution in [0.1, 0.15) is 79.4 Å². The van der Waals surface area contributed by atoms with Crippen molar-refractivity contribution in [2.45, 2.75) is 78.7 Å². The van der Waals surface area contributed by atoms with Gasteiger partial charge >= 0.3 is 12.0 Å². The maximum Gasteiger partial charge on any atom is 0.326 e. The molecule has 0 unspecified atom stereocenters. The first-order valence-corrected chi connectivity index (χ1v) is 13.9. The SMILES string of the molecule is CCCc1cc(C)c(NC(=O)Nc2cc3ccccc3cc2C(=O)N[C@H](C(=O)O)C2(C)CCCCC2)c(C)c1. The standard InChI is InChI=1S/C32H39N3O4/c1-5-11-22-16-20(2)27(21(3)17-22)34-31(39)33-26-19-24-13-8-7-12-23(24)18-25(26)29(36)35-28(30(37)38)32(4)14-9-6-10-15-32/h7-8,12-13,16-19,28H,5-6,9-11,14-15H2,1-4H3,(H,35,36)(H,37,38)(H2,33,34,39)/t28-/m1/s1. The Bertz CT molecular complexity index is 1370. The highest BCUT2D eigenvalue weighted by atomic mass is 16.4. The number of rotatable bonds is 8. The van der Waals surface area contributed by atoms with Gasteiger partial charge in [-0.05, 0) is 78.1 Å². The molecule has 4 rings (SSSR count). The summed E-state index contributed by atoms with van der Waals surface area (Å²) in [7, 11) is 0. The minimum atomic E-state index is -1.04. The molecule has 3 aromatic rings. The van der Waals surface area contributed by atoms with E-state index in [0.717, 1.165) is 72.5 Å². The number of carboxylic acid groups (broad SMARTS) is 1. The maximum atomic E-state index is 13.6. The number of carboxylic acids is 1. The van der Waals surface area contributed by atoms with Crippen LogP contribution in [0.2, 0.25) is 0 Å². The molecule has 0 heterocycles. The maximum absolute atomic E-state index is 13.6. The Morgan fingerprint density at radius 3 is 2.13 bits per heavy atom. The van der Waals surface area contributed by atoms with Gasteiger partial charge in [-0.3, -0.25) is 4.79 Å². The van der Waals surface area contributed by atoms with Gasteiger partial charge in [0.15, 0.2) is 0 Å². The van der Waals surface area contributed by atoms with Crippen LogP contribution >= 0.6 is 0 Å². The van der Waals surface area contributed by atoms with Crippen molar-refractivity contribution in [2.75, 3.05) is 10.6 Å². The number of aliphatic carboxylic acids is 1. The van der Waals surface area contributed by atoms with E-state index in [9.17, 15) is 19.5 Å². The monoisotopic (exact) mass is 529 g/mol. The van der Waals surface area contributed by atoms with Crippen molar-refractivity contribution in [3.63, 3.8) is 0 Å². The smallest absolute Gasteiger partial charge is 0.326 e. The fourth-order valence-electron chi connectivity index (χ4n) is 5.87. The molecule has 206 valence electrons. The van der Waals surface area contributed by atoms with Crippen LogP contribution in [0.5, 0.6) is 0 Å².